The zero-order valence-corrected chi connectivity index (χ0v) is 13.7. The fraction of sp³-hybridized carbons (Fsp3) is 0.462. The summed E-state index contributed by atoms with van der Waals surface area (Å²) in [4.78, 5) is 4.83. The fourth-order valence-electron chi connectivity index (χ4n) is 2.30. The van der Waals surface area contributed by atoms with Gasteiger partial charge in [0.15, 0.2) is 8.68 Å². The highest BCUT2D eigenvalue weighted by Crippen LogP contribution is 2.35. The number of thioether (sulfide) groups is 1. The minimum atomic E-state index is 0.525. The van der Waals surface area contributed by atoms with E-state index in [1.165, 1.54) is 24.1 Å². The summed E-state index contributed by atoms with van der Waals surface area (Å²) >= 11 is 4.81. The van der Waals surface area contributed by atoms with Gasteiger partial charge in [-0.05, 0) is 54.8 Å². The van der Waals surface area contributed by atoms with E-state index in [1.54, 1.807) is 34.9 Å². The molecule has 2 heterocycles. The Kier molecular flexibility index (Phi) is 4.60. The molecule has 0 aromatic carbocycles. The van der Waals surface area contributed by atoms with E-state index in [-0.39, 0.29) is 0 Å². The summed E-state index contributed by atoms with van der Waals surface area (Å²) in [6.45, 7) is 0.525. The van der Waals surface area contributed by atoms with Crippen molar-refractivity contribution in [3.8, 4) is 0 Å². The largest absolute Gasteiger partial charge is 0.326 e. The lowest BCUT2D eigenvalue weighted by molar-refractivity contribution is 0.656. The summed E-state index contributed by atoms with van der Waals surface area (Å²) in [7, 11) is 0. The Balaban J connectivity index is 1.91. The summed E-state index contributed by atoms with van der Waals surface area (Å²) in [6.07, 6.45) is 6.73. The Labute approximate surface area is 131 Å². The van der Waals surface area contributed by atoms with Crippen LogP contribution < -0.4 is 5.73 Å². The van der Waals surface area contributed by atoms with Gasteiger partial charge >= 0.3 is 0 Å². The van der Waals surface area contributed by atoms with Gasteiger partial charge in [-0.3, -0.25) is 0 Å². The smallest absolute Gasteiger partial charge is 0.181 e. The lowest BCUT2D eigenvalue weighted by Crippen LogP contribution is -2.10. The van der Waals surface area contributed by atoms with E-state index >= 15 is 0 Å². The van der Waals surface area contributed by atoms with E-state index in [1.807, 2.05) is 6.26 Å². The number of nitrogens with zero attached hydrogens (tertiary/aromatic N) is 3. The van der Waals surface area contributed by atoms with E-state index in [4.69, 9.17) is 10.7 Å². The van der Waals surface area contributed by atoms with Gasteiger partial charge in [0.2, 0.25) is 0 Å². The maximum absolute atomic E-state index is 5.88. The van der Waals surface area contributed by atoms with E-state index in [0.717, 1.165) is 32.1 Å². The highest BCUT2D eigenvalue weighted by Gasteiger charge is 2.16. The molecule has 2 aromatic rings. The molecule has 1 aliphatic rings. The van der Waals surface area contributed by atoms with Gasteiger partial charge in [-0.2, -0.15) is 0 Å². The van der Waals surface area contributed by atoms with Crippen LogP contribution in [0, 0.1) is 0 Å². The zero-order valence-electron chi connectivity index (χ0n) is 11.3. The fourth-order valence-corrected chi connectivity index (χ4v) is 4.78. The molecule has 0 aliphatic heterocycles. The maximum Gasteiger partial charge on any atom is 0.181 e. The van der Waals surface area contributed by atoms with Crippen molar-refractivity contribution in [2.45, 2.75) is 45.9 Å². The van der Waals surface area contributed by atoms with Crippen molar-refractivity contribution in [3.05, 3.63) is 22.9 Å². The molecular formula is C13H16N4S3. The molecule has 7 heteroatoms. The SMILES string of the molecule is CSc1nnc(Sc2nc3c(cc2CN)CCCC3)s1. The number of hydrogen-bond acceptors (Lipinski definition) is 7. The van der Waals surface area contributed by atoms with Crippen LogP contribution in [0.25, 0.3) is 0 Å². The van der Waals surface area contributed by atoms with Gasteiger partial charge in [0.1, 0.15) is 5.03 Å². The Morgan fingerprint density at radius 3 is 2.80 bits per heavy atom. The molecule has 2 N–H and O–H groups in total. The molecule has 3 rings (SSSR count). The Morgan fingerprint density at radius 2 is 2.05 bits per heavy atom. The van der Waals surface area contributed by atoms with Gasteiger partial charge in [0, 0.05) is 12.2 Å². The zero-order chi connectivity index (χ0) is 13.9. The van der Waals surface area contributed by atoms with Crippen LogP contribution >= 0.6 is 34.9 Å². The minimum absolute atomic E-state index is 0.525. The third kappa shape index (κ3) is 3.00. The van der Waals surface area contributed by atoms with Crippen molar-refractivity contribution in [3.63, 3.8) is 0 Å². The molecule has 0 spiro atoms. The first kappa shape index (κ1) is 14.3. The van der Waals surface area contributed by atoms with Crippen LogP contribution in [-0.4, -0.2) is 21.4 Å². The third-order valence-corrected chi connectivity index (χ3v) is 6.30. The van der Waals surface area contributed by atoms with Crippen LogP contribution in [0.3, 0.4) is 0 Å². The van der Waals surface area contributed by atoms with Crippen molar-refractivity contribution >= 4 is 34.9 Å². The third-order valence-electron chi connectivity index (χ3n) is 3.31. The molecular weight excluding hydrogens is 308 g/mol. The summed E-state index contributed by atoms with van der Waals surface area (Å²) in [5, 5.41) is 9.32. The first-order chi connectivity index (χ1) is 9.80. The molecule has 20 heavy (non-hydrogen) atoms. The van der Waals surface area contributed by atoms with Gasteiger partial charge in [-0.15, -0.1) is 10.2 Å². The van der Waals surface area contributed by atoms with Crippen molar-refractivity contribution < 1.29 is 0 Å². The van der Waals surface area contributed by atoms with Crippen LogP contribution in [0.2, 0.25) is 0 Å². The molecule has 0 atom stereocenters. The van der Waals surface area contributed by atoms with Crippen molar-refractivity contribution in [2.75, 3.05) is 6.26 Å². The van der Waals surface area contributed by atoms with E-state index in [0.29, 0.717) is 6.54 Å². The van der Waals surface area contributed by atoms with Crippen LogP contribution in [0.4, 0.5) is 0 Å². The number of aromatic nitrogens is 3. The van der Waals surface area contributed by atoms with Crippen LogP contribution in [0.5, 0.6) is 0 Å². The van der Waals surface area contributed by atoms with Crippen molar-refractivity contribution in [2.24, 2.45) is 5.73 Å². The highest BCUT2D eigenvalue weighted by molar-refractivity contribution is 8.03. The number of nitrogens with two attached hydrogens (primary N) is 1. The number of pyridine rings is 1. The summed E-state index contributed by atoms with van der Waals surface area (Å²) in [6, 6.07) is 2.24. The molecule has 4 nitrogen and oxygen atoms in total. The van der Waals surface area contributed by atoms with Crippen LogP contribution in [0.1, 0.15) is 29.7 Å². The normalized spacial score (nSPS) is 14.3. The predicted octanol–water partition coefficient (Wildman–Crippen LogP) is 3.14. The molecule has 0 saturated heterocycles. The predicted molar refractivity (Wildman–Crippen MR) is 84.6 cm³/mol. The van der Waals surface area contributed by atoms with Crippen molar-refractivity contribution in [1.29, 1.82) is 0 Å². The van der Waals surface area contributed by atoms with Crippen molar-refractivity contribution in [1.82, 2.24) is 15.2 Å². The number of aryl methyl sites for hydroxylation is 2. The number of fused-ring (bicyclic) bond motifs is 1. The Bertz CT molecular complexity index is 612. The van der Waals surface area contributed by atoms with Gasteiger partial charge in [0.25, 0.3) is 0 Å². The second-order valence-corrected chi connectivity index (χ2v) is 7.88. The molecule has 2 aromatic heterocycles. The van der Waals surface area contributed by atoms with E-state index in [2.05, 4.69) is 16.3 Å². The molecule has 0 fully saturated rings. The molecule has 106 valence electrons. The standard InChI is InChI=1S/C13H16N4S3/c1-18-12-16-17-13(20-12)19-11-9(7-14)6-8-4-2-3-5-10(8)15-11/h6H,2-5,7,14H2,1H3. The van der Waals surface area contributed by atoms with Crippen LogP contribution in [0.15, 0.2) is 19.8 Å². The van der Waals surface area contributed by atoms with E-state index in [9.17, 15) is 0 Å². The molecule has 1 aliphatic carbocycles. The topological polar surface area (TPSA) is 64.7 Å². The highest BCUT2D eigenvalue weighted by atomic mass is 32.2. The lowest BCUT2D eigenvalue weighted by atomic mass is 9.95. The second-order valence-electron chi connectivity index (χ2n) is 4.61. The van der Waals surface area contributed by atoms with Crippen LogP contribution in [-0.2, 0) is 19.4 Å². The lowest BCUT2D eigenvalue weighted by Gasteiger charge is -2.17. The molecule has 0 unspecified atom stereocenters. The average Bonchev–Trinajstić information content (AvgIpc) is 2.94. The number of hydrogen-bond donors (Lipinski definition) is 1. The van der Waals surface area contributed by atoms with Gasteiger partial charge in [-0.25, -0.2) is 4.98 Å². The quantitative estimate of drug-likeness (QED) is 0.872. The average molecular weight is 325 g/mol. The van der Waals surface area contributed by atoms with E-state index < -0.39 is 0 Å². The molecule has 0 saturated carbocycles. The van der Waals surface area contributed by atoms with Gasteiger partial charge in [0.05, 0.1) is 0 Å². The first-order valence-corrected chi connectivity index (χ1v) is 9.43. The molecule has 0 radical (unpaired) electrons. The molecule has 0 amide bonds. The monoisotopic (exact) mass is 324 g/mol. The van der Waals surface area contributed by atoms with Gasteiger partial charge < -0.3 is 5.73 Å². The number of rotatable bonds is 4. The summed E-state index contributed by atoms with van der Waals surface area (Å²) in [5.74, 6) is 0. The summed E-state index contributed by atoms with van der Waals surface area (Å²) < 4.78 is 1.92. The minimum Gasteiger partial charge on any atom is -0.326 e. The maximum atomic E-state index is 5.88. The summed E-state index contributed by atoms with van der Waals surface area (Å²) in [5.41, 5.74) is 9.62. The first-order valence-electron chi connectivity index (χ1n) is 6.57. The molecule has 0 bridgehead atoms. The second kappa shape index (κ2) is 6.43. The Hall–Kier alpha value is -0.630. The van der Waals surface area contributed by atoms with Gasteiger partial charge in [-0.1, -0.05) is 29.2 Å². The Morgan fingerprint density at radius 1 is 1.25 bits per heavy atom.